The Kier molecular flexibility index (Phi) is 3.25. The molecule has 98 valence electrons. The molecule has 2 aliphatic carbocycles. The van der Waals surface area contributed by atoms with Gasteiger partial charge in [-0.2, -0.15) is 0 Å². The average Bonchev–Trinajstić information content (AvgIpc) is 3.01. The van der Waals surface area contributed by atoms with Crippen LogP contribution in [0.5, 0.6) is 5.88 Å². The molecule has 4 atom stereocenters. The quantitative estimate of drug-likeness (QED) is 0.889. The number of rotatable bonds is 4. The number of pyridine rings is 1. The van der Waals surface area contributed by atoms with E-state index in [1.54, 1.807) is 7.11 Å². The highest BCUT2D eigenvalue weighted by molar-refractivity contribution is 5.17. The molecule has 1 heterocycles. The number of aliphatic hydroxyl groups is 1. The lowest BCUT2D eigenvalue weighted by molar-refractivity contribution is 0.121. The molecule has 2 saturated carbocycles. The van der Waals surface area contributed by atoms with Crippen LogP contribution in [0.1, 0.15) is 43.9 Å². The summed E-state index contributed by atoms with van der Waals surface area (Å²) in [4.78, 5) is 4.32. The van der Waals surface area contributed by atoms with Crippen LogP contribution in [0.15, 0.2) is 18.2 Å². The van der Waals surface area contributed by atoms with Crippen molar-refractivity contribution >= 4 is 0 Å². The third-order valence-corrected chi connectivity index (χ3v) is 4.71. The van der Waals surface area contributed by atoms with Crippen molar-refractivity contribution in [2.24, 2.45) is 17.8 Å². The average molecular weight is 247 g/mol. The molecule has 2 aliphatic rings. The van der Waals surface area contributed by atoms with Gasteiger partial charge in [0.2, 0.25) is 5.88 Å². The molecule has 0 radical (unpaired) electrons. The van der Waals surface area contributed by atoms with Gasteiger partial charge >= 0.3 is 0 Å². The number of hydrogen-bond acceptors (Lipinski definition) is 3. The van der Waals surface area contributed by atoms with Gasteiger partial charge in [0.25, 0.3) is 0 Å². The van der Waals surface area contributed by atoms with E-state index in [1.807, 2.05) is 18.2 Å². The topological polar surface area (TPSA) is 42.4 Å². The van der Waals surface area contributed by atoms with E-state index in [-0.39, 0.29) is 0 Å². The molecule has 4 unspecified atom stereocenters. The van der Waals surface area contributed by atoms with Crippen LogP contribution in [-0.2, 0) is 0 Å². The molecule has 0 saturated heterocycles. The predicted octanol–water partition coefficient (Wildman–Crippen LogP) is 2.95. The highest BCUT2D eigenvalue weighted by atomic mass is 16.5. The Labute approximate surface area is 108 Å². The normalized spacial score (nSPS) is 31.6. The molecule has 2 fully saturated rings. The van der Waals surface area contributed by atoms with Crippen molar-refractivity contribution in [2.45, 2.75) is 38.2 Å². The molecule has 3 heteroatoms. The first kappa shape index (κ1) is 12.0. The summed E-state index contributed by atoms with van der Waals surface area (Å²) < 4.78 is 5.10. The van der Waals surface area contributed by atoms with Gasteiger partial charge in [0.15, 0.2) is 0 Å². The lowest BCUT2D eigenvalue weighted by Gasteiger charge is -2.24. The van der Waals surface area contributed by atoms with Gasteiger partial charge in [0.1, 0.15) is 0 Å². The van der Waals surface area contributed by atoms with E-state index in [0.717, 1.165) is 24.0 Å². The van der Waals surface area contributed by atoms with Crippen molar-refractivity contribution in [3.8, 4) is 5.88 Å². The Morgan fingerprint density at radius 2 is 2.28 bits per heavy atom. The van der Waals surface area contributed by atoms with Crippen LogP contribution in [-0.4, -0.2) is 17.2 Å². The fourth-order valence-corrected chi connectivity index (χ4v) is 3.80. The molecule has 1 aromatic rings. The lowest BCUT2D eigenvalue weighted by Crippen LogP contribution is -2.15. The maximum Gasteiger partial charge on any atom is 0.213 e. The minimum atomic E-state index is -0.440. The van der Waals surface area contributed by atoms with E-state index in [2.05, 4.69) is 4.98 Å². The van der Waals surface area contributed by atoms with Crippen LogP contribution in [0.25, 0.3) is 0 Å². The van der Waals surface area contributed by atoms with Crippen molar-refractivity contribution in [1.82, 2.24) is 4.98 Å². The third kappa shape index (κ3) is 2.24. The Morgan fingerprint density at radius 1 is 1.39 bits per heavy atom. The summed E-state index contributed by atoms with van der Waals surface area (Å²) in [5, 5.41) is 10.3. The largest absolute Gasteiger partial charge is 0.481 e. The standard InChI is InChI=1S/C15H21NO2/c1-18-15-4-2-3-13(16-15)14(17)9-12-8-10-5-6-11(12)7-10/h2-4,10-12,14,17H,5-9H2,1H3. The summed E-state index contributed by atoms with van der Waals surface area (Å²) in [7, 11) is 1.61. The van der Waals surface area contributed by atoms with Crippen molar-refractivity contribution in [1.29, 1.82) is 0 Å². The van der Waals surface area contributed by atoms with E-state index in [1.165, 1.54) is 25.7 Å². The Hall–Kier alpha value is -1.09. The van der Waals surface area contributed by atoms with Gasteiger partial charge in [-0.05, 0) is 49.5 Å². The highest BCUT2D eigenvalue weighted by Crippen LogP contribution is 2.50. The Morgan fingerprint density at radius 3 is 2.94 bits per heavy atom. The lowest BCUT2D eigenvalue weighted by atomic mass is 9.84. The number of ether oxygens (including phenoxy) is 1. The van der Waals surface area contributed by atoms with E-state index in [9.17, 15) is 5.11 Å². The molecule has 0 amide bonds. The van der Waals surface area contributed by atoms with Crippen molar-refractivity contribution < 1.29 is 9.84 Å². The first-order chi connectivity index (χ1) is 8.76. The molecule has 1 aromatic heterocycles. The number of hydrogen-bond donors (Lipinski definition) is 1. The second-order valence-electron chi connectivity index (χ2n) is 5.79. The van der Waals surface area contributed by atoms with Gasteiger partial charge in [-0.15, -0.1) is 0 Å². The SMILES string of the molecule is COc1cccc(C(O)CC2CC3CCC2C3)n1. The molecule has 1 N–H and O–H groups in total. The monoisotopic (exact) mass is 247 g/mol. The summed E-state index contributed by atoms with van der Waals surface area (Å²) >= 11 is 0. The predicted molar refractivity (Wildman–Crippen MR) is 69.3 cm³/mol. The second-order valence-corrected chi connectivity index (χ2v) is 5.79. The zero-order valence-corrected chi connectivity index (χ0v) is 10.9. The molecule has 0 aromatic carbocycles. The first-order valence-corrected chi connectivity index (χ1v) is 6.95. The van der Waals surface area contributed by atoms with Gasteiger partial charge in [-0.1, -0.05) is 12.5 Å². The van der Waals surface area contributed by atoms with Gasteiger partial charge < -0.3 is 9.84 Å². The van der Waals surface area contributed by atoms with Gasteiger partial charge in [-0.25, -0.2) is 4.98 Å². The number of aliphatic hydroxyl groups excluding tert-OH is 1. The summed E-state index contributed by atoms with van der Waals surface area (Å²) in [5.41, 5.74) is 0.747. The minimum absolute atomic E-state index is 0.440. The van der Waals surface area contributed by atoms with E-state index >= 15 is 0 Å². The molecule has 18 heavy (non-hydrogen) atoms. The molecule has 0 spiro atoms. The zero-order valence-electron chi connectivity index (χ0n) is 10.9. The fourth-order valence-electron chi connectivity index (χ4n) is 3.80. The number of methoxy groups -OCH3 is 1. The summed E-state index contributed by atoms with van der Waals surface area (Å²) in [6.45, 7) is 0. The fraction of sp³-hybridized carbons (Fsp3) is 0.667. The maximum atomic E-state index is 10.3. The van der Waals surface area contributed by atoms with E-state index < -0.39 is 6.10 Å². The first-order valence-electron chi connectivity index (χ1n) is 6.95. The van der Waals surface area contributed by atoms with Crippen LogP contribution in [0, 0.1) is 17.8 Å². The van der Waals surface area contributed by atoms with Gasteiger partial charge in [0.05, 0.1) is 18.9 Å². The number of nitrogens with zero attached hydrogens (tertiary/aromatic N) is 1. The molecule has 3 rings (SSSR count). The Bertz CT molecular complexity index is 421. The van der Waals surface area contributed by atoms with Crippen molar-refractivity contribution in [3.63, 3.8) is 0 Å². The van der Waals surface area contributed by atoms with Crippen LogP contribution < -0.4 is 4.74 Å². The van der Waals surface area contributed by atoms with Gasteiger partial charge in [0, 0.05) is 6.07 Å². The van der Waals surface area contributed by atoms with Crippen LogP contribution in [0.3, 0.4) is 0 Å². The maximum absolute atomic E-state index is 10.3. The molecule has 3 nitrogen and oxygen atoms in total. The summed E-state index contributed by atoms with van der Waals surface area (Å²) in [5.74, 6) is 3.08. The third-order valence-electron chi connectivity index (χ3n) is 4.71. The molecule has 0 aliphatic heterocycles. The zero-order chi connectivity index (χ0) is 12.5. The number of fused-ring (bicyclic) bond motifs is 2. The van der Waals surface area contributed by atoms with Crippen LogP contribution in [0.2, 0.25) is 0 Å². The van der Waals surface area contributed by atoms with Gasteiger partial charge in [-0.3, -0.25) is 0 Å². The smallest absolute Gasteiger partial charge is 0.213 e. The molecule has 2 bridgehead atoms. The Balaban J connectivity index is 1.65. The minimum Gasteiger partial charge on any atom is -0.481 e. The second kappa shape index (κ2) is 4.88. The number of aromatic nitrogens is 1. The highest BCUT2D eigenvalue weighted by Gasteiger charge is 2.40. The van der Waals surface area contributed by atoms with Crippen LogP contribution >= 0.6 is 0 Å². The van der Waals surface area contributed by atoms with Crippen molar-refractivity contribution in [2.75, 3.05) is 7.11 Å². The van der Waals surface area contributed by atoms with Crippen LogP contribution in [0.4, 0.5) is 0 Å². The van der Waals surface area contributed by atoms with E-state index in [0.29, 0.717) is 11.8 Å². The molecular formula is C15H21NO2. The molecular weight excluding hydrogens is 226 g/mol. The summed E-state index contributed by atoms with van der Waals surface area (Å²) in [6, 6.07) is 5.60. The summed E-state index contributed by atoms with van der Waals surface area (Å²) in [6.07, 6.45) is 5.91. The van der Waals surface area contributed by atoms with E-state index in [4.69, 9.17) is 4.74 Å². The van der Waals surface area contributed by atoms with Crippen molar-refractivity contribution in [3.05, 3.63) is 23.9 Å².